The van der Waals surface area contributed by atoms with Crippen LogP contribution in [-0.2, 0) is 6.54 Å². The van der Waals surface area contributed by atoms with E-state index in [-0.39, 0.29) is 5.69 Å². The summed E-state index contributed by atoms with van der Waals surface area (Å²) in [6, 6.07) is 11.6. The van der Waals surface area contributed by atoms with Crippen LogP contribution < -0.4 is 5.43 Å². The molecule has 0 aliphatic heterocycles. The quantitative estimate of drug-likeness (QED) is 0.513. The Bertz CT molecular complexity index is 690. The average molecular weight is 324 g/mol. The number of hydrogen-bond donors (Lipinski definition) is 1. The molecule has 0 bridgehead atoms. The van der Waals surface area contributed by atoms with E-state index in [1.54, 1.807) is 6.07 Å². The van der Waals surface area contributed by atoms with Crippen molar-refractivity contribution in [1.82, 2.24) is 5.43 Å². The summed E-state index contributed by atoms with van der Waals surface area (Å²) in [5.74, 6) is 0. The highest BCUT2D eigenvalue weighted by atomic mass is 35.5. The second-order valence-electron chi connectivity index (χ2n) is 4.15. The molecule has 0 aliphatic rings. The third kappa shape index (κ3) is 4.18. The maximum absolute atomic E-state index is 10.7. The van der Waals surface area contributed by atoms with Crippen LogP contribution in [0.3, 0.4) is 0 Å². The number of rotatable bonds is 5. The van der Waals surface area contributed by atoms with Gasteiger partial charge in [0.1, 0.15) is 0 Å². The summed E-state index contributed by atoms with van der Waals surface area (Å²) in [5, 5.41) is 15.7. The zero-order chi connectivity index (χ0) is 15.2. The molecule has 0 radical (unpaired) electrons. The van der Waals surface area contributed by atoms with E-state index in [1.807, 2.05) is 18.2 Å². The van der Waals surface area contributed by atoms with Crippen LogP contribution in [0.25, 0.3) is 0 Å². The normalized spacial score (nSPS) is 10.8. The predicted octanol–water partition coefficient (Wildman–Crippen LogP) is 4.03. The van der Waals surface area contributed by atoms with Crippen LogP contribution in [0.4, 0.5) is 5.69 Å². The number of halogens is 2. The first-order valence-electron chi connectivity index (χ1n) is 6.01. The molecule has 5 nitrogen and oxygen atoms in total. The minimum Gasteiger partial charge on any atom is -0.306 e. The SMILES string of the molecule is O=[N+]([O-])c1ccc(Cl)c(/C=N\NCc2ccccc2Cl)c1. The van der Waals surface area contributed by atoms with E-state index in [0.717, 1.165) is 5.56 Å². The number of non-ortho nitro benzene ring substituents is 1. The molecule has 0 aromatic heterocycles. The molecule has 0 spiro atoms. The van der Waals surface area contributed by atoms with E-state index in [0.29, 0.717) is 22.2 Å². The Morgan fingerprint density at radius 1 is 1.19 bits per heavy atom. The minimum absolute atomic E-state index is 0.0352. The molecule has 0 amide bonds. The van der Waals surface area contributed by atoms with Crippen molar-refractivity contribution in [3.05, 3.63) is 73.8 Å². The third-order valence-electron chi connectivity index (χ3n) is 2.71. The van der Waals surface area contributed by atoms with E-state index >= 15 is 0 Å². The fourth-order valence-electron chi connectivity index (χ4n) is 1.63. The zero-order valence-corrected chi connectivity index (χ0v) is 12.3. The summed E-state index contributed by atoms with van der Waals surface area (Å²) in [7, 11) is 0. The van der Waals surface area contributed by atoms with Crippen molar-refractivity contribution in [2.24, 2.45) is 5.10 Å². The minimum atomic E-state index is -0.481. The number of nitro benzene ring substituents is 1. The highest BCUT2D eigenvalue weighted by molar-refractivity contribution is 6.33. The number of nitrogens with one attached hydrogen (secondary N) is 1. The monoisotopic (exact) mass is 323 g/mol. The van der Waals surface area contributed by atoms with Crippen molar-refractivity contribution < 1.29 is 4.92 Å². The first-order chi connectivity index (χ1) is 10.1. The van der Waals surface area contributed by atoms with Gasteiger partial charge in [-0.25, -0.2) is 0 Å². The average Bonchev–Trinajstić information content (AvgIpc) is 2.46. The zero-order valence-electron chi connectivity index (χ0n) is 10.8. The summed E-state index contributed by atoms with van der Waals surface area (Å²) in [6.07, 6.45) is 1.44. The first kappa shape index (κ1) is 15.3. The van der Waals surface area contributed by atoms with Crippen molar-refractivity contribution in [3.63, 3.8) is 0 Å². The fourth-order valence-corrected chi connectivity index (χ4v) is 2.00. The van der Waals surface area contributed by atoms with Crippen LogP contribution >= 0.6 is 23.2 Å². The third-order valence-corrected chi connectivity index (χ3v) is 3.43. The molecule has 0 unspecified atom stereocenters. The molecule has 2 aromatic carbocycles. The summed E-state index contributed by atoms with van der Waals surface area (Å²) in [5.41, 5.74) is 4.16. The Morgan fingerprint density at radius 2 is 1.95 bits per heavy atom. The lowest BCUT2D eigenvalue weighted by Gasteiger charge is -2.03. The number of benzene rings is 2. The van der Waals surface area contributed by atoms with Gasteiger partial charge in [-0.1, -0.05) is 41.4 Å². The van der Waals surface area contributed by atoms with Crippen LogP contribution in [-0.4, -0.2) is 11.1 Å². The Hall–Kier alpha value is -2.11. The van der Waals surface area contributed by atoms with Crippen LogP contribution in [0.1, 0.15) is 11.1 Å². The van der Waals surface area contributed by atoms with Gasteiger partial charge in [0.05, 0.1) is 17.7 Å². The Morgan fingerprint density at radius 3 is 2.67 bits per heavy atom. The molecular formula is C14H11Cl2N3O2. The molecule has 0 saturated heterocycles. The summed E-state index contributed by atoms with van der Waals surface area (Å²) < 4.78 is 0. The highest BCUT2D eigenvalue weighted by Gasteiger charge is 2.08. The van der Waals surface area contributed by atoms with Crippen LogP contribution in [0, 0.1) is 10.1 Å². The standard InChI is InChI=1S/C14H11Cl2N3O2/c15-13-4-2-1-3-10(13)8-17-18-9-11-7-12(19(20)21)5-6-14(11)16/h1-7,9,17H,8H2/b18-9-. The van der Waals surface area contributed by atoms with E-state index in [4.69, 9.17) is 23.2 Å². The van der Waals surface area contributed by atoms with E-state index < -0.39 is 4.92 Å². The molecule has 0 fully saturated rings. The summed E-state index contributed by atoms with van der Waals surface area (Å²) in [6.45, 7) is 0.447. The molecule has 0 atom stereocenters. The second kappa shape index (κ2) is 7.06. The van der Waals surface area contributed by atoms with Gasteiger partial charge in [0, 0.05) is 27.7 Å². The van der Waals surface area contributed by atoms with Crippen molar-refractivity contribution in [1.29, 1.82) is 0 Å². The molecule has 0 saturated carbocycles. The first-order valence-corrected chi connectivity index (χ1v) is 6.77. The van der Waals surface area contributed by atoms with Crippen molar-refractivity contribution in [3.8, 4) is 0 Å². The largest absolute Gasteiger partial charge is 0.306 e. The van der Waals surface area contributed by atoms with Gasteiger partial charge < -0.3 is 5.43 Å². The maximum Gasteiger partial charge on any atom is 0.270 e. The van der Waals surface area contributed by atoms with Crippen LogP contribution in [0.15, 0.2) is 47.6 Å². The van der Waals surface area contributed by atoms with Gasteiger partial charge in [-0.3, -0.25) is 10.1 Å². The Balaban J connectivity index is 2.03. The molecule has 7 heteroatoms. The highest BCUT2D eigenvalue weighted by Crippen LogP contribution is 2.20. The van der Waals surface area contributed by atoms with Gasteiger partial charge in [-0.2, -0.15) is 5.10 Å². The van der Waals surface area contributed by atoms with Gasteiger partial charge in [0.15, 0.2) is 0 Å². The van der Waals surface area contributed by atoms with Crippen molar-refractivity contribution in [2.75, 3.05) is 0 Å². The number of hydrazone groups is 1. The number of nitro groups is 1. The molecule has 0 heterocycles. The molecule has 1 N–H and O–H groups in total. The lowest BCUT2D eigenvalue weighted by Crippen LogP contribution is -2.06. The van der Waals surface area contributed by atoms with E-state index in [9.17, 15) is 10.1 Å². The smallest absolute Gasteiger partial charge is 0.270 e. The van der Waals surface area contributed by atoms with Crippen molar-refractivity contribution >= 4 is 35.1 Å². The number of nitrogens with zero attached hydrogens (tertiary/aromatic N) is 2. The fraction of sp³-hybridized carbons (Fsp3) is 0.0714. The molecule has 108 valence electrons. The van der Waals surface area contributed by atoms with Gasteiger partial charge in [-0.15, -0.1) is 0 Å². The van der Waals surface area contributed by atoms with E-state index in [2.05, 4.69) is 10.5 Å². The van der Waals surface area contributed by atoms with Crippen LogP contribution in [0.2, 0.25) is 10.0 Å². The van der Waals surface area contributed by atoms with Gasteiger partial charge in [0.2, 0.25) is 0 Å². The van der Waals surface area contributed by atoms with Gasteiger partial charge >= 0.3 is 0 Å². The lowest BCUT2D eigenvalue weighted by atomic mass is 10.2. The summed E-state index contributed by atoms with van der Waals surface area (Å²) >= 11 is 12.0. The molecule has 21 heavy (non-hydrogen) atoms. The predicted molar refractivity (Wildman–Crippen MR) is 84.0 cm³/mol. The number of hydrogen-bond acceptors (Lipinski definition) is 4. The lowest BCUT2D eigenvalue weighted by molar-refractivity contribution is -0.384. The Kier molecular flexibility index (Phi) is 5.14. The molecule has 2 aromatic rings. The van der Waals surface area contributed by atoms with Crippen molar-refractivity contribution in [2.45, 2.75) is 6.54 Å². The Labute approximate surface area is 131 Å². The molecule has 0 aliphatic carbocycles. The van der Waals surface area contributed by atoms with Gasteiger partial charge in [0.25, 0.3) is 5.69 Å². The molecule has 2 rings (SSSR count). The topological polar surface area (TPSA) is 67.5 Å². The van der Waals surface area contributed by atoms with E-state index in [1.165, 1.54) is 24.4 Å². The van der Waals surface area contributed by atoms with Crippen LogP contribution in [0.5, 0.6) is 0 Å². The van der Waals surface area contributed by atoms with Gasteiger partial charge in [-0.05, 0) is 17.7 Å². The second-order valence-corrected chi connectivity index (χ2v) is 4.96. The summed E-state index contributed by atoms with van der Waals surface area (Å²) in [4.78, 5) is 10.2. The maximum atomic E-state index is 10.7. The molecular weight excluding hydrogens is 313 g/mol.